The van der Waals surface area contributed by atoms with Crippen molar-refractivity contribution in [3.8, 4) is 10.4 Å². The Hall–Kier alpha value is -1.32. The Kier molecular flexibility index (Phi) is 3.81. The minimum atomic E-state index is 0.428. The van der Waals surface area contributed by atoms with Crippen molar-refractivity contribution in [2.24, 2.45) is 0 Å². The molecule has 3 heteroatoms. The van der Waals surface area contributed by atoms with E-state index in [1.165, 1.54) is 46.0 Å². The van der Waals surface area contributed by atoms with Crippen LogP contribution in [0.4, 0.5) is 5.69 Å². The molecule has 0 saturated carbocycles. The average molecular weight is 286 g/mol. The van der Waals surface area contributed by atoms with Crippen LogP contribution in [0.1, 0.15) is 29.8 Å². The Morgan fingerprint density at radius 3 is 2.90 bits per heavy atom. The fraction of sp³-hybridized carbons (Fsp3) is 0.412. The van der Waals surface area contributed by atoms with E-state index >= 15 is 0 Å². The number of anilines is 1. The van der Waals surface area contributed by atoms with Crippen LogP contribution in [-0.4, -0.2) is 20.6 Å². The second-order valence-corrected chi connectivity index (χ2v) is 6.70. The summed E-state index contributed by atoms with van der Waals surface area (Å²) in [7, 11) is 4.20. The lowest BCUT2D eigenvalue weighted by Crippen LogP contribution is -2.24. The lowest BCUT2D eigenvalue weighted by Gasteiger charge is -2.27. The molecule has 0 bridgehead atoms. The Labute approximate surface area is 125 Å². The number of nitrogens with zero attached hydrogens (tertiary/aromatic N) is 1. The molecule has 20 heavy (non-hydrogen) atoms. The van der Waals surface area contributed by atoms with E-state index < -0.39 is 0 Å². The Morgan fingerprint density at radius 2 is 2.10 bits per heavy atom. The third kappa shape index (κ3) is 2.48. The van der Waals surface area contributed by atoms with E-state index in [2.05, 4.69) is 54.5 Å². The molecule has 2 heterocycles. The molecule has 1 N–H and O–H groups in total. The van der Waals surface area contributed by atoms with Gasteiger partial charge in [0.1, 0.15) is 0 Å². The molecule has 106 valence electrons. The first-order valence-electron chi connectivity index (χ1n) is 7.30. The summed E-state index contributed by atoms with van der Waals surface area (Å²) in [5.41, 5.74) is 4.26. The highest BCUT2D eigenvalue weighted by Crippen LogP contribution is 2.35. The normalized spacial score (nSPS) is 16.1. The van der Waals surface area contributed by atoms with Crippen molar-refractivity contribution in [2.45, 2.75) is 25.8 Å². The maximum absolute atomic E-state index is 3.31. The molecule has 3 rings (SSSR count). The standard InChI is InChI=1S/C17H22N2S/c1-12(18-2)16-8-9-17(20-16)14-6-7-15-13(11-14)5-4-10-19(15)3/h6-9,11-12,18H,4-5,10H2,1-3H3. The van der Waals surface area contributed by atoms with Gasteiger partial charge in [0, 0.05) is 35.1 Å². The first kappa shape index (κ1) is 13.7. The number of hydrogen-bond acceptors (Lipinski definition) is 3. The van der Waals surface area contributed by atoms with Gasteiger partial charge in [0.25, 0.3) is 0 Å². The third-order valence-corrected chi connectivity index (χ3v) is 5.52. The molecule has 0 spiro atoms. The van der Waals surface area contributed by atoms with Crippen LogP contribution in [0, 0.1) is 0 Å². The van der Waals surface area contributed by atoms with Crippen LogP contribution in [-0.2, 0) is 6.42 Å². The van der Waals surface area contributed by atoms with Gasteiger partial charge in [-0.25, -0.2) is 0 Å². The predicted octanol–water partition coefficient (Wildman–Crippen LogP) is 4.08. The fourth-order valence-corrected chi connectivity index (χ4v) is 3.89. The van der Waals surface area contributed by atoms with Crippen molar-refractivity contribution >= 4 is 17.0 Å². The molecule has 2 nitrogen and oxygen atoms in total. The zero-order valence-electron chi connectivity index (χ0n) is 12.4. The van der Waals surface area contributed by atoms with Crippen molar-refractivity contribution in [3.05, 3.63) is 40.8 Å². The smallest absolute Gasteiger partial charge is 0.0396 e. The number of rotatable bonds is 3. The van der Waals surface area contributed by atoms with Gasteiger partial charge in [-0.1, -0.05) is 6.07 Å². The molecule has 0 radical (unpaired) electrons. The second kappa shape index (κ2) is 5.58. The summed E-state index contributed by atoms with van der Waals surface area (Å²) in [6, 6.07) is 11.8. The van der Waals surface area contributed by atoms with Gasteiger partial charge < -0.3 is 10.2 Å². The number of aryl methyl sites for hydroxylation is 1. The van der Waals surface area contributed by atoms with Crippen molar-refractivity contribution in [2.75, 3.05) is 25.5 Å². The van der Waals surface area contributed by atoms with Gasteiger partial charge in [0.15, 0.2) is 0 Å². The molecular weight excluding hydrogens is 264 g/mol. The number of thiophene rings is 1. The topological polar surface area (TPSA) is 15.3 Å². The maximum Gasteiger partial charge on any atom is 0.0396 e. The van der Waals surface area contributed by atoms with Gasteiger partial charge in [0.2, 0.25) is 0 Å². The Morgan fingerprint density at radius 1 is 1.25 bits per heavy atom. The molecule has 1 unspecified atom stereocenters. The van der Waals surface area contributed by atoms with Gasteiger partial charge in [-0.15, -0.1) is 11.3 Å². The summed E-state index contributed by atoms with van der Waals surface area (Å²) in [4.78, 5) is 5.14. The first-order chi connectivity index (χ1) is 9.69. The highest BCUT2D eigenvalue weighted by Gasteiger charge is 2.15. The first-order valence-corrected chi connectivity index (χ1v) is 8.12. The molecular formula is C17H22N2S. The molecule has 0 fully saturated rings. The summed E-state index contributed by atoms with van der Waals surface area (Å²) in [5.74, 6) is 0. The van der Waals surface area contributed by atoms with Crippen molar-refractivity contribution in [3.63, 3.8) is 0 Å². The zero-order chi connectivity index (χ0) is 14.1. The summed E-state index contributed by atoms with van der Waals surface area (Å²) in [6.45, 7) is 3.38. The summed E-state index contributed by atoms with van der Waals surface area (Å²) >= 11 is 1.89. The molecule has 2 aromatic rings. The molecule has 1 aromatic heterocycles. The minimum absolute atomic E-state index is 0.428. The van der Waals surface area contributed by atoms with Crippen LogP contribution in [0.3, 0.4) is 0 Å². The van der Waals surface area contributed by atoms with Gasteiger partial charge in [-0.3, -0.25) is 0 Å². The molecule has 1 aliphatic heterocycles. The average Bonchev–Trinajstić information content (AvgIpc) is 2.96. The Balaban J connectivity index is 1.93. The van der Waals surface area contributed by atoms with E-state index in [-0.39, 0.29) is 0 Å². The molecule has 0 saturated heterocycles. The van der Waals surface area contributed by atoms with Gasteiger partial charge in [-0.05, 0) is 62.2 Å². The quantitative estimate of drug-likeness (QED) is 0.914. The summed E-state index contributed by atoms with van der Waals surface area (Å²) < 4.78 is 0. The van der Waals surface area contributed by atoms with Gasteiger partial charge in [-0.2, -0.15) is 0 Å². The van der Waals surface area contributed by atoms with Gasteiger partial charge in [0.05, 0.1) is 0 Å². The maximum atomic E-state index is 3.31. The van der Waals surface area contributed by atoms with Gasteiger partial charge >= 0.3 is 0 Å². The number of fused-ring (bicyclic) bond motifs is 1. The third-order valence-electron chi connectivity index (χ3n) is 4.20. The number of benzene rings is 1. The highest BCUT2D eigenvalue weighted by molar-refractivity contribution is 7.15. The molecule has 0 aliphatic carbocycles. The lowest BCUT2D eigenvalue weighted by atomic mass is 9.99. The zero-order valence-corrected chi connectivity index (χ0v) is 13.3. The summed E-state index contributed by atoms with van der Waals surface area (Å²) in [6.07, 6.45) is 2.47. The summed E-state index contributed by atoms with van der Waals surface area (Å²) in [5, 5.41) is 3.31. The van der Waals surface area contributed by atoms with E-state index in [4.69, 9.17) is 0 Å². The number of hydrogen-bond donors (Lipinski definition) is 1. The minimum Gasteiger partial charge on any atom is -0.374 e. The monoisotopic (exact) mass is 286 g/mol. The van der Waals surface area contributed by atoms with E-state index in [0.717, 1.165) is 0 Å². The van der Waals surface area contributed by atoms with E-state index in [1.54, 1.807) is 0 Å². The molecule has 0 amide bonds. The SMILES string of the molecule is CNC(C)c1ccc(-c2ccc3c(c2)CCCN3C)s1. The Bertz CT molecular complexity index is 603. The fourth-order valence-electron chi connectivity index (χ4n) is 2.82. The molecule has 1 aromatic carbocycles. The molecule has 1 atom stereocenters. The van der Waals surface area contributed by atoms with Crippen molar-refractivity contribution in [1.29, 1.82) is 0 Å². The van der Waals surface area contributed by atoms with Crippen LogP contribution in [0.5, 0.6) is 0 Å². The lowest BCUT2D eigenvalue weighted by molar-refractivity contribution is 0.664. The van der Waals surface area contributed by atoms with Crippen molar-refractivity contribution < 1.29 is 0 Å². The second-order valence-electron chi connectivity index (χ2n) is 5.58. The highest BCUT2D eigenvalue weighted by atomic mass is 32.1. The van der Waals surface area contributed by atoms with E-state index in [0.29, 0.717) is 6.04 Å². The molecule has 1 aliphatic rings. The van der Waals surface area contributed by atoms with Crippen LogP contribution in [0.2, 0.25) is 0 Å². The largest absolute Gasteiger partial charge is 0.374 e. The predicted molar refractivity (Wildman–Crippen MR) is 88.8 cm³/mol. The van der Waals surface area contributed by atoms with Crippen LogP contribution >= 0.6 is 11.3 Å². The van der Waals surface area contributed by atoms with E-state index in [9.17, 15) is 0 Å². The number of nitrogens with one attached hydrogen (secondary N) is 1. The van der Waals surface area contributed by atoms with E-state index in [1.807, 2.05) is 18.4 Å². The van der Waals surface area contributed by atoms with Crippen LogP contribution in [0.25, 0.3) is 10.4 Å². The van der Waals surface area contributed by atoms with Crippen molar-refractivity contribution in [1.82, 2.24) is 5.32 Å². The van der Waals surface area contributed by atoms with Crippen LogP contribution < -0.4 is 10.2 Å². The van der Waals surface area contributed by atoms with Crippen LogP contribution in [0.15, 0.2) is 30.3 Å².